The largest absolute Gasteiger partial charge is 0.481 e. The molecule has 6 heteroatoms. The third-order valence-corrected chi connectivity index (χ3v) is 2.35. The Hall–Kier alpha value is -2.37. The lowest BCUT2D eigenvalue weighted by Crippen LogP contribution is -2.20. The van der Waals surface area contributed by atoms with Gasteiger partial charge in [-0.1, -0.05) is 18.7 Å². The van der Waals surface area contributed by atoms with Crippen molar-refractivity contribution < 1.29 is 14.8 Å². The Balaban J connectivity index is 3.05. The van der Waals surface area contributed by atoms with E-state index in [0.717, 1.165) is 0 Å². The highest BCUT2D eigenvalue weighted by atomic mass is 16.6. The number of hydrogen-bond donors (Lipinski definition) is 2. The topological polar surface area (TPSA) is 92.5 Å². The normalized spacial score (nSPS) is 11.6. The minimum absolute atomic E-state index is 0.0928. The standard InChI is InChI=1S/C12H14N2O4/c1-3-9-5-4-6-10(12(9)14(17)18)13-8(2)7-11(15)16/h3-6,8,13H,1,7H2,2H3,(H,15,16)/t8-/m1/s1. The maximum Gasteiger partial charge on any atom is 0.305 e. The van der Waals surface area contributed by atoms with Gasteiger partial charge < -0.3 is 10.4 Å². The third-order valence-electron chi connectivity index (χ3n) is 2.35. The van der Waals surface area contributed by atoms with Gasteiger partial charge in [-0.3, -0.25) is 14.9 Å². The second-order valence-corrected chi connectivity index (χ2v) is 3.85. The van der Waals surface area contributed by atoms with Gasteiger partial charge in [-0.25, -0.2) is 0 Å². The van der Waals surface area contributed by atoms with Crippen molar-refractivity contribution in [3.8, 4) is 0 Å². The number of nitro benzene ring substituents is 1. The summed E-state index contributed by atoms with van der Waals surface area (Å²) in [4.78, 5) is 21.1. The lowest BCUT2D eigenvalue weighted by molar-refractivity contribution is -0.384. The van der Waals surface area contributed by atoms with E-state index in [2.05, 4.69) is 11.9 Å². The molecule has 0 radical (unpaired) electrons. The van der Waals surface area contributed by atoms with Crippen LogP contribution in [0.5, 0.6) is 0 Å². The molecule has 0 unspecified atom stereocenters. The fraction of sp³-hybridized carbons (Fsp3) is 0.250. The van der Waals surface area contributed by atoms with E-state index in [-0.39, 0.29) is 12.1 Å². The van der Waals surface area contributed by atoms with Gasteiger partial charge in [0.05, 0.1) is 16.9 Å². The summed E-state index contributed by atoms with van der Waals surface area (Å²) in [5.74, 6) is -0.961. The first-order chi connectivity index (χ1) is 8.45. The summed E-state index contributed by atoms with van der Waals surface area (Å²) in [5, 5.41) is 22.5. The van der Waals surface area contributed by atoms with E-state index in [9.17, 15) is 14.9 Å². The first kappa shape index (κ1) is 13.7. The highest BCUT2D eigenvalue weighted by molar-refractivity contribution is 5.74. The van der Waals surface area contributed by atoms with Crippen LogP contribution in [-0.2, 0) is 4.79 Å². The zero-order valence-corrected chi connectivity index (χ0v) is 9.92. The van der Waals surface area contributed by atoms with Crippen LogP contribution in [0.2, 0.25) is 0 Å². The number of carboxylic acids is 1. The summed E-state index contributed by atoms with van der Waals surface area (Å²) < 4.78 is 0. The minimum atomic E-state index is -0.961. The Kier molecular flexibility index (Phi) is 4.42. The lowest BCUT2D eigenvalue weighted by Gasteiger charge is -2.13. The van der Waals surface area contributed by atoms with Crippen LogP contribution in [0.4, 0.5) is 11.4 Å². The Morgan fingerprint density at radius 1 is 1.67 bits per heavy atom. The fourth-order valence-corrected chi connectivity index (χ4v) is 1.62. The summed E-state index contributed by atoms with van der Waals surface area (Å²) in [6, 6.07) is 4.38. The van der Waals surface area contributed by atoms with Crippen LogP contribution in [0.15, 0.2) is 24.8 Å². The molecule has 1 rings (SSSR count). The van der Waals surface area contributed by atoms with Gasteiger partial charge in [-0.2, -0.15) is 0 Å². The SMILES string of the molecule is C=Cc1cccc(N[C@H](C)CC(=O)O)c1[N+](=O)[O-]. The van der Waals surface area contributed by atoms with Crippen molar-refractivity contribution in [3.63, 3.8) is 0 Å². The molecule has 18 heavy (non-hydrogen) atoms. The number of rotatable bonds is 6. The van der Waals surface area contributed by atoms with Crippen molar-refractivity contribution in [2.24, 2.45) is 0 Å². The highest BCUT2D eigenvalue weighted by Crippen LogP contribution is 2.30. The molecule has 0 aliphatic carbocycles. The van der Waals surface area contributed by atoms with Crippen molar-refractivity contribution in [3.05, 3.63) is 40.5 Å². The second kappa shape index (κ2) is 5.81. The number of carboxylic acid groups (broad SMARTS) is 1. The van der Waals surface area contributed by atoms with E-state index in [1.165, 1.54) is 6.08 Å². The summed E-state index contributed by atoms with van der Waals surface area (Å²) >= 11 is 0. The third kappa shape index (κ3) is 3.31. The number of para-hydroxylation sites is 1. The molecule has 0 heterocycles. The average molecular weight is 250 g/mol. The van der Waals surface area contributed by atoms with E-state index in [1.54, 1.807) is 25.1 Å². The predicted molar refractivity (Wildman–Crippen MR) is 68.5 cm³/mol. The second-order valence-electron chi connectivity index (χ2n) is 3.85. The van der Waals surface area contributed by atoms with Crippen LogP contribution in [0, 0.1) is 10.1 Å². The van der Waals surface area contributed by atoms with Crippen LogP contribution >= 0.6 is 0 Å². The molecule has 0 aliphatic rings. The van der Waals surface area contributed by atoms with E-state index in [4.69, 9.17) is 5.11 Å². The quantitative estimate of drug-likeness (QED) is 0.597. The van der Waals surface area contributed by atoms with Gasteiger partial charge in [0, 0.05) is 6.04 Å². The minimum Gasteiger partial charge on any atom is -0.481 e. The molecule has 0 amide bonds. The first-order valence-corrected chi connectivity index (χ1v) is 5.34. The molecule has 0 bridgehead atoms. The highest BCUT2D eigenvalue weighted by Gasteiger charge is 2.19. The molecule has 6 nitrogen and oxygen atoms in total. The maximum atomic E-state index is 11.0. The van der Waals surface area contributed by atoms with Crippen molar-refractivity contribution in [1.82, 2.24) is 0 Å². The van der Waals surface area contributed by atoms with Crippen molar-refractivity contribution in [2.75, 3.05) is 5.32 Å². The number of aliphatic carboxylic acids is 1. The van der Waals surface area contributed by atoms with Crippen LogP contribution in [0.1, 0.15) is 18.9 Å². The van der Waals surface area contributed by atoms with E-state index in [0.29, 0.717) is 11.3 Å². The monoisotopic (exact) mass is 250 g/mol. The molecule has 1 aromatic rings. The molecule has 2 N–H and O–H groups in total. The number of hydrogen-bond acceptors (Lipinski definition) is 4. The summed E-state index contributed by atoms with van der Waals surface area (Å²) in [6.45, 7) is 5.17. The number of nitrogens with one attached hydrogen (secondary N) is 1. The molecule has 1 aromatic carbocycles. The first-order valence-electron chi connectivity index (χ1n) is 5.34. The molecule has 96 valence electrons. The van der Waals surface area contributed by atoms with Gasteiger partial charge >= 0.3 is 5.97 Å². The number of carbonyl (C=O) groups is 1. The Morgan fingerprint density at radius 3 is 2.83 bits per heavy atom. The Morgan fingerprint density at radius 2 is 2.33 bits per heavy atom. The molecular formula is C12H14N2O4. The number of nitrogens with zero attached hydrogens (tertiary/aromatic N) is 1. The predicted octanol–water partition coefficient (Wildman–Crippen LogP) is 2.51. The maximum absolute atomic E-state index is 11.0. The van der Waals surface area contributed by atoms with E-state index in [1.807, 2.05) is 0 Å². The van der Waals surface area contributed by atoms with Crippen molar-refractivity contribution in [2.45, 2.75) is 19.4 Å². The van der Waals surface area contributed by atoms with Crippen molar-refractivity contribution >= 4 is 23.4 Å². The Labute approximate surface area is 104 Å². The average Bonchev–Trinajstić information content (AvgIpc) is 2.26. The van der Waals surface area contributed by atoms with Gasteiger partial charge in [-0.05, 0) is 19.1 Å². The molecule has 0 saturated heterocycles. The van der Waals surface area contributed by atoms with E-state index < -0.39 is 16.9 Å². The summed E-state index contributed by atoms with van der Waals surface area (Å²) in [5.41, 5.74) is 0.600. The summed E-state index contributed by atoms with van der Waals surface area (Å²) in [7, 11) is 0. The molecule has 0 fully saturated rings. The number of nitro groups is 1. The van der Waals surface area contributed by atoms with Gasteiger partial charge in [0.15, 0.2) is 0 Å². The molecule has 0 saturated carbocycles. The van der Waals surface area contributed by atoms with Crippen molar-refractivity contribution in [1.29, 1.82) is 0 Å². The molecular weight excluding hydrogens is 236 g/mol. The van der Waals surface area contributed by atoms with Gasteiger partial charge in [0.25, 0.3) is 5.69 Å². The molecule has 0 spiro atoms. The molecule has 0 aliphatic heterocycles. The van der Waals surface area contributed by atoms with Gasteiger partial charge in [0.1, 0.15) is 5.69 Å². The van der Waals surface area contributed by atoms with Gasteiger partial charge in [-0.15, -0.1) is 0 Å². The van der Waals surface area contributed by atoms with E-state index >= 15 is 0 Å². The van der Waals surface area contributed by atoms with Gasteiger partial charge in [0.2, 0.25) is 0 Å². The molecule has 1 atom stereocenters. The summed E-state index contributed by atoms with van der Waals surface area (Å²) in [6.07, 6.45) is 1.28. The Bertz CT molecular complexity index is 485. The number of anilines is 1. The van der Waals surface area contributed by atoms with Crippen LogP contribution in [0.25, 0.3) is 6.08 Å². The lowest BCUT2D eigenvalue weighted by atomic mass is 10.1. The van der Waals surface area contributed by atoms with Crippen LogP contribution in [0.3, 0.4) is 0 Å². The zero-order chi connectivity index (χ0) is 13.7. The molecule has 0 aromatic heterocycles. The zero-order valence-electron chi connectivity index (χ0n) is 9.92. The fourth-order valence-electron chi connectivity index (χ4n) is 1.62. The van der Waals surface area contributed by atoms with Crippen LogP contribution < -0.4 is 5.32 Å². The number of benzene rings is 1. The van der Waals surface area contributed by atoms with Crippen LogP contribution in [-0.4, -0.2) is 22.0 Å². The smallest absolute Gasteiger partial charge is 0.305 e.